The van der Waals surface area contributed by atoms with E-state index in [1.54, 1.807) is 0 Å². The molecule has 0 aliphatic heterocycles. The second-order valence-electron chi connectivity index (χ2n) is 3.28. The topological polar surface area (TPSA) is 99.9 Å². The zero-order valence-electron chi connectivity index (χ0n) is 8.88. The summed E-state index contributed by atoms with van der Waals surface area (Å²) in [5.74, 6) is 0. The highest BCUT2D eigenvalue weighted by Gasteiger charge is 2.30. The lowest BCUT2D eigenvalue weighted by Crippen LogP contribution is -1.98. The average Bonchev–Trinajstić information content (AvgIpc) is 2.69. The zero-order valence-corrected chi connectivity index (χ0v) is 12.0. The number of hydrogen-bond donors (Lipinski definition) is 1. The van der Waals surface area contributed by atoms with Crippen LogP contribution in [0.25, 0.3) is 11.3 Å². The second kappa shape index (κ2) is 5.31. The van der Waals surface area contributed by atoms with E-state index in [-0.39, 0.29) is 29.3 Å². The molecule has 0 saturated heterocycles. The monoisotopic (exact) mass is 367 g/mol. The fourth-order valence-electron chi connectivity index (χ4n) is 1.45. The van der Waals surface area contributed by atoms with Crippen LogP contribution in [0.15, 0.2) is 16.9 Å². The molecule has 2 aromatic rings. The summed E-state index contributed by atoms with van der Waals surface area (Å²) >= 11 is 8.44. The summed E-state index contributed by atoms with van der Waals surface area (Å²) in [6.45, 7) is 0. The molecule has 11 heteroatoms. The standard InChI is InChI=1S/C8H4BrClFN5O2S/c9-5-1-3(4(12)2-13-5)6-7(16(17)18)8(10)14-15(6)19-11/h1-2H,12H2. The molecular weight excluding hydrogens is 365 g/mol. The van der Waals surface area contributed by atoms with Gasteiger partial charge in [-0.3, -0.25) is 10.1 Å². The molecule has 2 heterocycles. The minimum absolute atomic E-state index is 0.136. The predicted octanol–water partition coefficient (Wildman–Crippen LogP) is 3.23. The SMILES string of the molecule is Nc1cnc(Br)cc1-c1c([N+](=O)[O-])c(Cl)nn1SF. The van der Waals surface area contributed by atoms with Gasteiger partial charge in [-0.05, 0) is 22.0 Å². The lowest BCUT2D eigenvalue weighted by Gasteiger charge is -2.05. The van der Waals surface area contributed by atoms with Gasteiger partial charge in [0.15, 0.2) is 18.0 Å². The molecule has 0 aliphatic rings. The molecule has 0 bridgehead atoms. The number of anilines is 1. The van der Waals surface area contributed by atoms with Crippen LogP contribution in [-0.4, -0.2) is 19.1 Å². The first-order valence-corrected chi connectivity index (χ1v) is 6.43. The molecule has 0 spiro atoms. The van der Waals surface area contributed by atoms with Gasteiger partial charge in [-0.25, -0.2) is 4.98 Å². The number of hydrogen-bond acceptors (Lipinski definition) is 6. The van der Waals surface area contributed by atoms with Gasteiger partial charge in [-0.1, -0.05) is 11.6 Å². The molecule has 0 aromatic carbocycles. The lowest BCUT2D eigenvalue weighted by atomic mass is 10.1. The van der Waals surface area contributed by atoms with Crippen molar-refractivity contribution in [3.05, 3.63) is 32.1 Å². The van der Waals surface area contributed by atoms with Crippen LogP contribution in [0.4, 0.5) is 15.3 Å². The number of rotatable bonds is 3. The van der Waals surface area contributed by atoms with Gasteiger partial charge in [-0.15, -0.1) is 8.98 Å². The van der Waals surface area contributed by atoms with Crippen molar-refractivity contribution in [1.29, 1.82) is 0 Å². The van der Waals surface area contributed by atoms with Crippen LogP contribution in [0.3, 0.4) is 0 Å². The van der Waals surface area contributed by atoms with E-state index in [1.807, 2.05) is 0 Å². The van der Waals surface area contributed by atoms with E-state index in [0.717, 1.165) is 0 Å². The molecule has 2 N–H and O–H groups in total. The zero-order chi connectivity index (χ0) is 14.2. The van der Waals surface area contributed by atoms with E-state index >= 15 is 0 Å². The summed E-state index contributed by atoms with van der Waals surface area (Å²) in [7, 11) is 0. The van der Waals surface area contributed by atoms with Gasteiger partial charge in [0.05, 0.1) is 16.8 Å². The van der Waals surface area contributed by atoms with Crippen LogP contribution < -0.4 is 5.73 Å². The van der Waals surface area contributed by atoms with Crippen molar-refractivity contribution in [2.24, 2.45) is 0 Å². The summed E-state index contributed by atoms with van der Waals surface area (Å²) < 4.78 is 13.9. The van der Waals surface area contributed by atoms with Crippen LogP contribution >= 0.6 is 39.9 Å². The molecule has 0 radical (unpaired) electrons. The molecule has 0 atom stereocenters. The summed E-state index contributed by atoms with van der Waals surface area (Å²) in [6, 6.07) is 1.42. The summed E-state index contributed by atoms with van der Waals surface area (Å²) in [4.78, 5) is 14.1. The number of halogens is 3. The van der Waals surface area contributed by atoms with E-state index in [2.05, 4.69) is 26.0 Å². The first-order chi connectivity index (χ1) is 8.95. The van der Waals surface area contributed by atoms with Crippen molar-refractivity contribution in [2.45, 2.75) is 0 Å². The minimum atomic E-state index is -0.745. The van der Waals surface area contributed by atoms with E-state index in [0.29, 0.717) is 8.69 Å². The first kappa shape index (κ1) is 14.0. The molecule has 2 rings (SSSR count). The number of nitrogen functional groups attached to an aromatic ring is 1. The Hall–Kier alpha value is -1.39. The second-order valence-corrected chi connectivity index (χ2v) is 4.94. The smallest absolute Gasteiger partial charge is 0.335 e. The van der Waals surface area contributed by atoms with E-state index in [9.17, 15) is 14.0 Å². The van der Waals surface area contributed by atoms with Crippen molar-refractivity contribution >= 4 is 51.2 Å². The maximum atomic E-state index is 12.8. The molecule has 0 unspecified atom stereocenters. The minimum Gasteiger partial charge on any atom is -0.397 e. The average molecular weight is 369 g/mol. The molecule has 19 heavy (non-hydrogen) atoms. The highest BCUT2D eigenvalue weighted by molar-refractivity contribution is 9.10. The van der Waals surface area contributed by atoms with Gasteiger partial charge in [0.2, 0.25) is 5.15 Å². The van der Waals surface area contributed by atoms with Crippen molar-refractivity contribution < 1.29 is 8.81 Å². The van der Waals surface area contributed by atoms with Crippen LogP contribution in [0.1, 0.15) is 0 Å². The van der Waals surface area contributed by atoms with Gasteiger partial charge in [0.25, 0.3) is 0 Å². The fourth-order valence-corrected chi connectivity index (χ4v) is 2.43. The summed E-state index contributed by atoms with van der Waals surface area (Å²) in [5.41, 5.74) is 5.39. The molecule has 0 fully saturated rings. The third kappa shape index (κ3) is 2.51. The van der Waals surface area contributed by atoms with E-state index < -0.39 is 15.8 Å². The van der Waals surface area contributed by atoms with Crippen molar-refractivity contribution in [2.75, 3.05) is 5.73 Å². The summed E-state index contributed by atoms with van der Waals surface area (Å²) in [5, 5.41) is 14.1. The Morgan fingerprint density at radius 2 is 2.32 bits per heavy atom. The number of pyridine rings is 1. The van der Waals surface area contributed by atoms with Gasteiger partial charge >= 0.3 is 5.69 Å². The quantitative estimate of drug-likeness (QED) is 0.507. The highest BCUT2D eigenvalue weighted by Crippen LogP contribution is 2.40. The Bertz CT molecular complexity index is 667. The molecule has 0 amide bonds. The fraction of sp³-hybridized carbons (Fsp3) is 0. The number of nitrogens with zero attached hydrogens (tertiary/aromatic N) is 4. The molecule has 100 valence electrons. The Morgan fingerprint density at radius 3 is 2.89 bits per heavy atom. The van der Waals surface area contributed by atoms with Gasteiger partial charge in [-0.2, -0.15) is 4.09 Å². The van der Waals surface area contributed by atoms with E-state index in [1.165, 1.54) is 12.3 Å². The molecule has 7 nitrogen and oxygen atoms in total. The predicted molar refractivity (Wildman–Crippen MR) is 73.3 cm³/mol. The van der Waals surface area contributed by atoms with Crippen LogP contribution in [0, 0.1) is 10.1 Å². The number of nitrogens with two attached hydrogens (primary N) is 1. The highest BCUT2D eigenvalue weighted by atomic mass is 79.9. The largest absolute Gasteiger partial charge is 0.397 e. The Kier molecular flexibility index (Phi) is 3.92. The maximum absolute atomic E-state index is 12.8. The van der Waals surface area contributed by atoms with Crippen LogP contribution in [-0.2, 0) is 0 Å². The Balaban J connectivity index is 2.80. The first-order valence-electron chi connectivity index (χ1n) is 4.59. The Morgan fingerprint density at radius 1 is 1.63 bits per heavy atom. The molecular formula is C8H4BrClFN5O2S. The third-order valence-corrected chi connectivity index (χ3v) is 3.28. The third-order valence-electron chi connectivity index (χ3n) is 2.19. The van der Waals surface area contributed by atoms with Crippen molar-refractivity contribution in [3.8, 4) is 11.3 Å². The number of aromatic nitrogens is 3. The summed E-state index contributed by atoms with van der Waals surface area (Å²) in [6.07, 6.45) is 1.29. The van der Waals surface area contributed by atoms with Crippen LogP contribution in [0.2, 0.25) is 5.15 Å². The van der Waals surface area contributed by atoms with Gasteiger partial charge in [0, 0.05) is 5.56 Å². The molecule has 0 aliphatic carbocycles. The van der Waals surface area contributed by atoms with Crippen molar-refractivity contribution in [3.63, 3.8) is 0 Å². The number of nitro groups is 1. The van der Waals surface area contributed by atoms with Gasteiger partial charge < -0.3 is 5.73 Å². The van der Waals surface area contributed by atoms with Gasteiger partial charge in [0.1, 0.15) is 4.60 Å². The van der Waals surface area contributed by atoms with E-state index in [4.69, 9.17) is 17.3 Å². The molecule has 2 aromatic heterocycles. The van der Waals surface area contributed by atoms with Crippen LogP contribution in [0.5, 0.6) is 0 Å². The molecule has 0 saturated carbocycles. The Labute approximate surface area is 123 Å². The normalized spacial score (nSPS) is 10.7. The van der Waals surface area contributed by atoms with Crippen molar-refractivity contribution in [1.82, 2.24) is 14.2 Å². The maximum Gasteiger partial charge on any atom is 0.335 e. The lowest BCUT2D eigenvalue weighted by molar-refractivity contribution is -0.384.